The number of nitrogens with zero attached hydrogens (tertiary/aromatic N) is 1. The van der Waals surface area contributed by atoms with Gasteiger partial charge in [-0.2, -0.15) is 0 Å². The lowest BCUT2D eigenvalue weighted by Crippen LogP contribution is -2.29. The number of β-amino-alcohol motifs (C(OH)–C–C–N with tert-alkyl or cyclic N) is 1. The largest absolute Gasteiger partial charge is 0.391 e. The SMILES string of the molecule is CCNCCCN1CC(O)CC1=O. The van der Waals surface area contributed by atoms with Crippen molar-refractivity contribution in [3.63, 3.8) is 0 Å². The number of hydrogen-bond acceptors (Lipinski definition) is 3. The summed E-state index contributed by atoms with van der Waals surface area (Å²) in [6, 6.07) is 0. The molecule has 1 saturated heterocycles. The van der Waals surface area contributed by atoms with E-state index in [0.717, 1.165) is 26.1 Å². The molecule has 1 aliphatic heterocycles. The Morgan fingerprint density at radius 2 is 2.46 bits per heavy atom. The molecule has 0 aromatic rings. The standard InChI is InChI=1S/C9H18N2O2/c1-2-10-4-3-5-11-7-8(12)6-9(11)13/h8,10,12H,2-7H2,1H3. The molecule has 1 fully saturated rings. The number of aliphatic hydroxyl groups excluding tert-OH is 1. The van der Waals surface area contributed by atoms with Gasteiger partial charge in [0.1, 0.15) is 0 Å². The van der Waals surface area contributed by atoms with E-state index in [1.807, 2.05) is 0 Å². The van der Waals surface area contributed by atoms with E-state index in [1.54, 1.807) is 4.90 Å². The van der Waals surface area contributed by atoms with E-state index in [2.05, 4.69) is 12.2 Å². The molecule has 1 amide bonds. The van der Waals surface area contributed by atoms with Gasteiger partial charge < -0.3 is 15.3 Å². The van der Waals surface area contributed by atoms with Gasteiger partial charge in [0.2, 0.25) is 5.91 Å². The van der Waals surface area contributed by atoms with Crippen LogP contribution in [0.2, 0.25) is 0 Å². The smallest absolute Gasteiger partial charge is 0.225 e. The minimum absolute atomic E-state index is 0.0870. The topological polar surface area (TPSA) is 52.6 Å². The van der Waals surface area contributed by atoms with Crippen LogP contribution in [0, 0.1) is 0 Å². The molecule has 1 atom stereocenters. The fourth-order valence-electron chi connectivity index (χ4n) is 1.54. The van der Waals surface area contributed by atoms with Gasteiger partial charge in [-0.25, -0.2) is 0 Å². The Morgan fingerprint density at radius 1 is 1.69 bits per heavy atom. The van der Waals surface area contributed by atoms with E-state index in [9.17, 15) is 9.90 Å². The summed E-state index contributed by atoms with van der Waals surface area (Å²) >= 11 is 0. The molecule has 4 heteroatoms. The van der Waals surface area contributed by atoms with Crippen molar-refractivity contribution in [2.75, 3.05) is 26.2 Å². The number of carbonyl (C=O) groups excluding carboxylic acids is 1. The lowest BCUT2D eigenvalue weighted by molar-refractivity contribution is -0.127. The predicted octanol–water partition coefficient (Wildman–Crippen LogP) is -0.421. The van der Waals surface area contributed by atoms with Crippen molar-refractivity contribution < 1.29 is 9.90 Å². The van der Waals surface area contributed by atoms with E-state index in [-0.39, 0.29) is 5.91 Å². The Labute approximate surface area is 78.9 Å². The molecule has 0 aliphatic carbocycles. The molecule has 2 N–H and O–H groups in total. The van der Waals surface area contributed by atoms with Crippen LogP contribution in [0.1, 0.15) is 19.8 Å². The predicted molar refractivity (Wildman–Crippen MR) is 50.4 cm³/mol. The molecule has 1 rings (SSSR count). The van der Waals surface area contributed by atoms with Crippen LogP contribution in [-0.4, -0.2) is 48.2 Å². The van der Waals surface area contributed by atoms with Crippen molar-refractivity contribution in [1.82, 2.24) is 10.2 Å². The number of amides is 1. The van der Waals surface area contributed by atoms with E-state index in [0.29, 0.717) is 13.0 Å². The molecule has 1 heterocycles. The molecule has 1 aliphatic rings. The molecule has 0 radical (unpaired) electrons. The van der Waals surface area contributed by atoms with Gasteiger partial charge in [-0.1, -0.05) is 6.92 Å². The quantitative estimate of drug-likeness (QED) is 0.573. The van der Waals surface area contributed by atoms with Gasteiger partial charge in [0.25, 0.3) is 0 Å². The van der Waals surface area contributed by atoms with Gasteiger partial charge in [0, 0.05) is 13.1 Å². The van der Waals surface area contributed by atoms with E-state index >= 15 is 0 Å². The molecule has 0 bridgehead atoms. The summed E-state index contributed by atoms with van der Waals surface area (Å²) < 4.78 is 0. The van der Waals surface area contributed by atoms with Gasteiger partial charge in [0.15, 0.2) is 0 Å². The van der Waals surface area contributed by atoms with Crippen LogP contribution in [0.4, 0.5) is 0 Å². The van der Waals surface area contributed by atoms with Crippen molar-refractivity contribution in [3.8, 4) is 0 Å². The van der Waals surface area contributed by atoms with Gasteiger partial charge in [-0.3, -0.25) is 4.79 Å². The van der Waals surface area contributed by atoms with Crippen molar-refractivity contribution in [2.24, 2.45) is 0 Å². The molecular weight excluding hydrogens is 168 g/mol. The second kappa shape index (κ2) is 5.19. The third-order valence-corrected chi connectivity index (χ3v) is 2.23. The molecule has 4 nitrogen and oxygen atoms in total. The van der Waals surface area contributed by atoms with E-state index in [1.165, 1.54) is 0 Å². The zero-order chi connectivity index (χ0) is 9.68. The number of likely N-dealkylation sites (tertiary alicyclic amines) is 1. The van der Waals surface area contributed by atoms with Gasteiger partial charge >= 0.3 is 0 Å². The van der Waals surface area contributed by atoms with Crippen LogP contribution >= 0.6 is 0 Å². The van der Waals surface area contributed by atoms with Crippen molar-refractivity contribution >= 4 is 5.91 Å². The molecular formula is C9H18N2O2. The van der Waals surface area contributed by atoms with Gasteiger partial charge in [-0.15, -0.1) is 0 Å². The maximum Gasteiger partial charge on any atom is 0.225 e. The molecule has 0 spiro atoms. The Hall–Kier alpha value is -0.610. The molecule has 0 saturated carbocycles. The first-order chi connectivity index (χ1) is 6.24. The summed E-state index contributed by atoms with van der Waals surface area (Å²) in [5, 5.41) is 12.4. The minimum atomic E-state index is -0.438. The maximum atomic E-state index is 11.2. The minimum Gasteiger partial charge on any atom is -0.391 e. The fraction of sp³-hybridized carbons (Fsp3) is 0.889. The van der Waals surface area contributed by atoms with Crippen molar-refractivity contribution in [3.05, 3.63) is 0 Å². The highest BCUT2D eigenvalue weighted by Crippen LogP contribution is 2.10. The Morgan fingerprint density at radius 3 is 3.00 bits per heavy atom. The summed E-state index contributed by atoms with van der Waals surface area (Å²) in [6.45, 7) is 5.26. The second-order valence-electron chi connectivity index (χ2n) is 3.40. The zero-order valence-corrected chi connectivity index (χ0v) is 8.12. The average Bonchev–Trinajstić information content (AvgIpc) is 2.39. The Kier molecular flexibility index (Phi) is 4.18. The third kappa shape index (κ3) is 3.32. The third-order valence-electron chi connectivity index (χ3n) is 2.23. The molecule has 76 valence electrons. The highest BCUT2D eigenvalue weighted by atomic mass is 16.3. The Balaban J connectivity index is 2.11. The van der Waals surface area contributed by atoms with Crippen LogP contribution in [0.3, 0.4) is 0 Å². The van der Waals surface area contributed by atoms with Crippen LogP contribution in [-0.2, 0) is 4.79 Å². The maximum absolute atomic E-state index is 11.2. The van der Waals surface area contributed by atoms with Crippen LogP contribution < -0.4 is 5.32 Å². The monoisotopic (exact) mass is 186 g/mol. The van der Waals surface area contributed by atoms with E-state index < -0.39 is 6.10 Å². The highest BCUT2D eigenvalue weighted by molar-refractivity contribution is 5.78. The summed E-state index contributed by atoms with van der Waals surface area (Å²) in [4.78, 5) is 12.9. The first kappa shape index (κ1) is 10.5. The first-order valence-electron chi connectivity index (χ1n) is 4.90. The molecule has 0 aromatic heterocycles. The number of aliphatic hydroxyl groups is 1. The highest BCUT2D eigenvalue weighted by Gasteiger charge is 2.26. The van der Waals surface area contributed by atoms with E-state index in [4.69, 9.17) is 0 Å². The van der Waals surface area contributed by atoms with Crippen molar-refractivity contribution in [1.29, 1.82) is 0 Å². The lowest BCUT2D eigenvalue weighted by Gasteiger charge is -2.15. The number of nitrogens with one attached hydrogen (secondary N) is 1. The summed E-state index contributed by atoms with van der Waals surface area (Å²) in [5.41, 5.74) is 0. The lowest BCUT2D eigenvalue weighted by atomic mass is 10.3. The van der Waals surface area contributed by atoms with Crippen molar-refractivity contribution in [2.45, 2.75) is 25.9 Å². The summed E-state index contributed by atoms with van der Waals surface area (Å²) in [6.07, 6.45) is 0.833. The van der Waals surface area contributed by atoms with Crippen LogP contribution in [0.25, 0.3) is 0 Å². The molecule has 1 unspecified atom stereocenters. The summed E-state index contributed by atoms with van der Waals surface area (Å²) in [7, 11) is 0. The normalized spacial score (nSPS) is 22.8. The van der Waals surface area contributed by atoms with Crippen LogP contribution in [0.15, 0.2) is 0 Å². The van der Waals surface area contributed by atoms with Crippen LogP contribution in [0.5, 0.6) is 0 Å². The zero-order valence-electron chi connectivity index (χ0n) is 8.12. The summed E-state index contributed by atoms with van der Waals surface area (Å²) in [5.74, 6) is 0.0870. The number of carbonyl (C=O) groups is 1. The first-order valence-corrected chi connectivity index (χ1v) is 4.90. The average molecular weight is 186 g/mol. The number of rotatable bonds is 5. The molecule has 13 heavy (non-hydrogen) atoms. The molecule has 0 aromatic carbocycles. The number of hydrogen-bond donors (Lipinski definition) is 2. The second-order valence-corrected chi connectivity index (χ2v) is 3.40. The van der Waals surface area contributed by atoms with Gasteiger partial charge in [-0.05, 0) is 19.5 Å². The fourth-order valence-corrected chi connectivity index (χ4v) is 1.54. The van der Waals surface area contributed by atoms with Gasteiger partial charge in [0.05, 0.1) is 12.5 Å². The Bertz CT molecular complexity index is 173.